The van der Waals surface area contributed by atoms with Crippen LogP contribution in [0.15, 0.2) is 78.9 Å². The van der Waals surface area contributed by atoms with Gasteiger partial charge in [-0.05, 0) is 48.7 Å². The molecule has 3 aromatic carbocycles. The van der Waals surface area contributed by atoms with E-state index < -0.39 is 28.5 Å². The molecule has 0 radical (unpaired) electrons. The molecule has 0 aromatic heterocycles. The first-order chi connectivity index (χ1) is 19.1. The topological polar surface area (TPSA) is 96.0 Å². The molecule has 0 aliphatic heterocycles. The maximum Gasteiger partial charge on any atom is 0.244 e. The standard InChI is InChI=1S/C30H36ClN3O5S/c1-4-18-32-30(36)27(20-23-12-7-6-8-13-23)33(21-24-14-11-15-25(31)19-24)29(35)22-34(40(3,37)38)26-16-9-10-17-28(26)39-5-2/h6-17,19,27H,4-5,18,20-22H2,1-3H3,(H,32,36)/t27-/m1/s1. The number of carbonyl (C=O) groups is 2. The average Bonchev–Trinajstić information content (AvgIpc) is 2.93. The van der Waals surface area contributed by atoms with E-state index in [0.717, 1.165) is 22.5 Å². The highest BCUT2D eigenvalue weighted by Gasteiger charge is 2.33. The number of carbonyl (C=O) groups excluding carboxylic acids is 2. The molecule has 40 heavy (non-hydrogen) atoms. The van der Waals surface area contributed by atoms with Crippen LogP contribution in [-0.2, 0) is 32.6 Å². The van der Waals surface area contributed by atoms with Gasteiger partial charge in [-0.25, -0.2) is 8.42 Å². The quantitative estimate of drug-likeness (QED) is 0.297. The summed E-state index contributed by atoms with van der Waals surface area (Å²) in [5.74, 6) is -0.517. The molecule has 1 N–H and O–H groups in total. The van der Waals surface area contributed by atoms with E-state index in [9.17, 15) is 18.0 Å². The predicted octanol–water partition coefficient (Wildman–Crippen LogP) is 4.67. The zero-order chi connectivity index (χ0) is 29.1. The summed E-state index contributed by atoms with van der Waals surface area (Å²) in [5.41, 5.74) is 1.82. The molecule has 0 fully saturated rings. The Morgan fingerprint density at radius 1 is 0.950 bits per heavy atom. The number of para-hydroxylation sites is 2. The first-order valence-electron chi connectivity index (χ1n) is 13.2. The van der Waals surface area contributed by atoms with Crippen LogP contribution in [0.3, 0.4) is 0 Å². The minimum Gasteiger partial charge on any atom is -0.492 e. The highest BCUT2D eigenvalue weighted by Crippen LogP contribution is 2.30. The van der Waals surface area contributed by atoms with Crippen molar-refractivity contribution in [2.24, 2.45) is 0 Å². The Morgan fingerprint density at radius 2 is 1.62 bits per heavy atom. The number of hydrogen-bond acceptors (Lipinski definition) is 5. The molecule has 3 rings (SSSR count). The van der Waals surface area contributed by atoms with Crippen LogP contribution >= 0.6 is 11.6 Å². The molecule has 2 amide bonds. The Morgan fingerprint density at radius 3 is 2.27 bits per heavy atom. The van der Waals surface area contributed by atoms with Crippen LogP contribution in [0.1, 0.15) is 31.4 Å². The van der Waals surface area contributed by atoms with E-state index in [4.69, 9.17) is 16.3 Å². The fraction of sp³-hybridized carbons (Fsp3) is 0.333. The Hall–Kier alpha value is -3.56. The molecule has 0 heterocycles. The molecule has 0 saturated heterocycles. The van der Waals surface area contributed by atoms with Gasteiger partial charge in [0.1, 0.15) is 18.3 Å². The number of nitrogens with one attached hydrogen (secondary N) is 1. The smallest absolute Gasteiger partial charge is 0.244 e. The summed E-state index contributed by atoms with van der Waals surface area (Å²) in [6.45, 7) is 4.04. The first kappa shape index (κ1) is 31.0. The number of ether oxygens (including phenoxy) is 1. The molecule has 1 atom stereocenters. The SMILES string of the molecule is CCCNC(=O)[C@@H](Cc1ccccc1)N(Cc1cccc(Cl)c1)C(=O)CN(c1ccccc1OCC)S(C)(=O)=O. The van der Waals surface area contributed by atoms with Gasteiger partial charge >= 0.3 is 0 Å². The van der Waals surface area contributed by atoms with Gasteiger partial charge in [-0.15, -0.1) is 0 Å². The normalized spacial score (nSPS) is 11.9. The van der Waals surface area contributed by atoms with E-state index in [1.54, 1.807) is 49.4 Å². The van der Waals surface area contributed by atoms with Crippen molar-refractivity contribution in [1.82, 2.24) is 10.2 Å². The minimum atomic E-state index is -3.90. The number of hydrogen-bond donors (Lipinski definition) is 1. The maximum atomic E-state index is 14.1. The second-order valence-corrected chi connectivity index (χ2v) is 11.7. The van der Waals surface area contributed by atoms with Crippen LogP contribution < -0.4 is 14.4 Å². The van der Waals surface area contributed by atoms with Crippen LogP contribution in [0.25, 0.3) is 0 Å². The van der Waals surface area contributed by atoms with Crippen LogP contribution in [0.2, 0.25) is 5.02 Å². The number of halogens is 1. The van der Waals surface area contributed by atoms with E-state index in [1.807, 2.05) is 43.3 Å². The third kappa shape index (κ3) is 8.72. The lowest BCUT2D eigenvalue weighted by molar-refractivity contribution is -0.140. The summed E-state index contributed by atoms with van der Waals surface area (Å²) in [5, 5.41) is 3.40. The van der Waals surface area contributed by atoms with Crippen LogP contribution in [0, 0.1) is 0 Å². The summed E-state index contributed by atoms with van der Waals surface area (Å²) >= 11 is 6.24. The average molecular weight is 586 g/mol. The number of nitrogens with zero attached hydrogens (tertiary/aromatic N) is 2. The Balaban J connectivity index is 2.07. The summed E-state index contributed by atoms with van der Waals surface area (Å²) in [6.07, 6.45) is 2.01. The maximum absolute atomic E-state index is 14.1. The van der Waals surface area contributed by atoms with Crippen molar-refractivity contribution in [2.45, 2.75) is 39.3 Å². The summed E-state index contributed by atoms with van der Waals surface area (Å²) < 4.78 is 32.7. The van der Waals surface area contributed by atoms with E-state index >= 15 is 0 Å². The lowest BCUT2D eigenvalue weighted by Gasteiger charge is -2.33. The number of amides is 2. The van der Waals surface area contributed by atoms with Gasteiger partial charge in [0.15, 0.2) is 0 Å². The zero-order valence-electron chi connectivity index (χ0n) is 23.0. The molecule has 0 saturated carbocycles. The van der Waals surface area contributed by atoms with Gasteiger partial charge in [-0.2, -0.15) is 0 Å². The van der Waals surface area contributed by atoms with Crippen molar-refractivity contribution >= 4 is 39.1 Å². The Labute approximate surface area is 241 Å². The van der Waals surface area contributed by atoms with Gasteiger partial charge in [0, 0.05) is 24.5 Å². The molecule has 0 aliphatic rings. The van der Waals surface area contributed by atoms with Crippen LogP contribution in [0.5, 0.6) is 5.75 Å². The van der Waals surface area contributed by atoms with E-state index in [0.29, 0.717) is 29.5 Å². The van der Waals surface area contributed by atoms with Gasteiger partial charge in [0.25, 0.3) is 0 Å². The number of rotatable bonds is 14. The largest absolute Gasteiger partial charge is 0.492 e. The van der Waals surface area contributed by atoms with E-state index in [1.165, 1.54) is 4.90 Å². The summed E-state index contributed by atoms with van der Waals surface area (Å²) in [7, 11) is -3.90. The van der Waals surface area contributed by atoms with Gasteiger partial charge in [-0.3, -0.25) is 13.9 Å². The van der Waals surface area contributed by atoms with Crippen LogP contribution in [-0.4, -0.2) is 57.1 Å². The predicted molar refractivity (Wildman–Crippen MR) is 159 cm³/mol. The molecule has 0 bridgehead atoms. The molecule has 10 heteroatoms. The molecule has 0 spiro atoms. The lowest BCUT2D eigenvalue weighted by atomic mass is 10.0. The minimum absolute atomic E-state index is 0.0567. The summed E-state index contributed by atoms with van der Waals surface area (Å²) in [4.78, 5) is 29.1. The second kappa shape index (κ2) is 14.7. The van der Waals surface area contributed by atoms with Crippen LogP contribution in [0.4, 0.5) is 5.69 Å². The monoisotopic (exact) mass is 585 g/mol. The number of sulfonamides is 1. The van der Waals surface area contributed by atoms with Crippen molar-refractivity contribution in [3.63, 3.8) is 0 Å². The third-order valence-electron chi connectivity index (χ3n) is 6.18. The van der Waals surface area contributed by atoms with Crippen molar-refractivity contribution < 1.29 is 22.7 Å². The highest BCUT2D eigenvalue weighted by molar-refractivity contribution is 7.92. The van der Waals surface area contributed by atoms with Gasteiger partial charge in [0.05, 0.1) is 18.6 Å². The Kier molecular flexibility index (Phi) is 11.4. The lowest BCUT2D eigenvalue weighted by Crippen LogP contribution is -2.53. The second-order valence-electron chi connectivity index (χ2n) is 9.32. The molecular weight excluding hydrogens is 550 g/mol. The molecular formula is C30H36ClN3O5S. The van der Waals surface area contributed by atoms with Crippen molar-refractivity contribution in [3.8, 4) is 5.75 Å². The van der Waals surface area contributed by atoms with Crippen molar-refractivity contribution in [3.05, 3.63) is 95.0 Å². The van der Waals surface area contributed by atoms with Gasteiger partial charge < -0.3 is 15.0 Å². The van der Waals surface area contributed by atoms with E-state index in [-0.39, 0.29) is 24.6 Å². The van der Waals surface area contributed by atoms with E-state index in [2.05, 4.69) is 5.32 Å². The summed E-state index contributed by atoms with van der Waals surface area (Å²) in [6, 6.07) is 22.2. The Bertz CT molecular complexity index is 1380. The van der Waals surface area contributed by atoms with Crippen molar-refractivity contribution in [2.75, 3.05) is 30.3 Å². The molecule has 3 aromatic rings. The van der Waals surface area contributed by atoms with Gasteiger partial charge in [-0.1, -0.05) is 73.1 Å². The van der Waals surface area contributed by atoms with Crippen molar-refractivity contribution in [1.29, 1.82) is 0 Å². The zero-order valence-corrected chi connectivity index (χ0v) is 24.6. The molecule has 8 nitrogen and oxygen atoms in total. The highest BCUT2D eigenvalue weighted by atomic mass is 35.5. The number of anilines is 1. The fourth-order valence-electron chi connectivity index (χ4n) is 4.29. The molecule has 0 unspecified atom stereocenters. The fourth-order valence-corrected chi connectivity index (χ4v) is 5.35. The van der Waals surface area contributed by atoms with Gasteiger partial charge in [0.2, 0.25) is 21.8 Å². The third-order valence-corrected chi connectivity index (χ3v) is 7.54. The first-order valence-corrected chi connectivity index (χ1v) is 15.4. The number of benzene rings is 3. The molecule has 0 aliphatic carbocycles. The molecule has 214 valence electrons.